The Balaban J connectivity index is 3.28. The fourth-order valence-corrected chi connectivity index (χ4v) is 1.80. The van der Waals surface area contributed by atoms with Crippen molar-refractivity contribution in [3.8, 4) is 0 Å². The molecule has 4 heteroatoms. The average Bonchev–Trinajstić information content (AvgIpc) is 1.84. The van der Waals surface area contributed by atoms with Crippen LogP contribution in [0.3, 0.4) is 0 Å². The van der Waals surface area contributed by atoms with Gasteiger partial charge in [-0.1, -0.05) is 23.2 Å². The minimum Gasteiger partial charge on any atom is -0.142 e. The maximum Gasteiger partial charge on any atom is 0.0555 e. The van der Waals surface area contributed by atoms with E-state index in [1.54, 1.807) is 6.07 Å². The van der Waals surface area contributed by atoms with Crippen molar-refractivity contribution in [3.63, 3.8) is 0 Å². The highest BCUT2D eigenvalue weighted by atomic mass is 127. The van der Waals surface area contributed by atoms with E-state index in [9.17, 15) is 0 Å². The summed E-state index contributed by atoms with van der Waals surface area (Å²) in [6.07, 6.45) is 0. The summed E-state index contributed by atoms with van der Waals surface area (Å²) < 4.78 is 0.966. The first-order valence-corrected chi connectivity index (χ1v) is 4.73. The van der Waals surface area contributed by atoms with E-state index in [2.05, 4.69) is 35.2 Å². The first-order valence-electron chi connectivity index (χ1n) is 2.45. The van der Waals surface area contributed by atoms with Gasteiger partial charge in [0, 0.05) is 8.47 Å². The second-order valence-corrected chi connectivity index (χ2v) is 4.18. The predicted molar refractivity (Wildman–Crippen MR) is 56.4 cm³/mol. The van der Waals surface area contributed by atoms with Gasteiger partial charge in [-0.3, -0.25) is 0 Å². The van der Waals surface area contributed by atoms with Crippen molar-refractivity contribution in [2.75, 3.05) is 0 Å². The van der Waals surface area contributed by atoms with E-state index >= 15 is 0 Å². The van der Waals surface area contributed by atoms with Crippen LogP contribution >= 0.6 is 58.4 Å². The molecule has 54 valence electrons. The number of rotatable bonds is 0. The molecule has 0 aliphatic carbocycles. The second kappa shape index (κ2) is 3.52. The van der Waals surface area contributed by atoms with Crippen molar-refractivity contribution in [1.29, 1.82) is 0 Å². The van der Waals surface area contributed by atoms with E-state index in [0.29, 0.717) is 10.0 Å². The van der Waals surface area contributed by atoms with Gasteiger partial charge in [-0.05, 0) is 34.7 Å². The van der Waals surface area contributed by atoms with Crippen molar-refractivity contribution in [3.05, 3.63) is 25.7 Å². The molecule has 0 atom stereocenters. The van der Waals surface area contributed by atoms with Gasteiger partial charge in [-0.15, -0.1) is 12.6 Å². The number of thiol groups is 1. The van der Waals surface area contributed by atoms with Crippen LogP contribution in [0.2, 0.25) is 10.0 Å². The van der Waals surface area contributed by atoms with Crippen molar-refractivity contribution in [2.45, 2.75) is 4.90 Å². The normalized spacial score (nSPS) is 10.0. The third-order valence-electron chi connectivity index (χ3n) is 0.990. The Kier molecular flexibility index (Phi) is 3.16. The number of benzene rings is 1. The molecule has 0 saturated carbocycles. The molecule has 10 heavy (non-hydrogen) atoms. The van der Waals surface area contributed by atoms with Crippen molar-refractivity contribution in [2.24, 2.45) is 0 Å². The first-order chi connectivity index (χ1) is 4.61. The van der Waals surface area contributed by atoms with Crippen LogP contribution in [-0.2, 0) is 0 Å². The summed E-state index contributed by atoms with van der Waals surface area (Å²) in [6, 6.07) is 3.52. The standard InChI is InChI=1S/C6H3Cl2IS/c7-3-1-4(8)6(10)2-5(3)9/h1-2,10H. The molecular formula is C6H3Cl2IS. The molecule has 0 heterocycles. The molecular weight excluding hydrogens is 302 g/mol. The minimum absolute atomic E-state index is 0.591. The lowest BCUT2D eigenvalue weighted by atomic mass is 10.4. The van der Waals surface area contributed by atoms with Gasteiger partial charge < -0.3 is 0 Å². The maximum absolute atomic E-state index is 5.76. The predicted octanol–water partition coefficient (Wildman–Crippen LogP) is 3.89. The average molecular weight is 305 g/mol. The van der Waals surface area contributed by atoms with Crippen LogP contribution in [-0.4, -0.2) is 0 Å². The Hall–Kier alpha value is 0.880. The molecule has 0 saturated heterocycles. The third kappa shape index (κ3) is 1.94. The molecule has 1 aromatic rings. The Morgan fingerprint density at radius 1 is 1.20 bits per heavy atom. The van der Waals surface area contributed by atoms with E-state index < -0.39 is 0 Å². The summed E-state index contributed by atoms with van der Waals surface area (Å²) in [4.78, 5) is 0.760. The molecule has 1 rings (SSSR count). The summed E-state index contributed by atoms with van der Waals surface area (Å²) in [5, 5.41) is 1.26. The zero-order chi connectivity index (χ0) is 7.72. The molecule has 0 fully saturated rings. The van der Waals surface area contributed by atoms with E-state index in [1.165, 1.54) is 0 Å². The van der Waals surface area contributed by atoms with E-state index in [-0.39, 0.29) is 0 Å². The van der Waals surface area contributed by atoms with Crippen LogP contribution in [0.1, 0.15) is 0 Å². The van der Waals surface area contributed by atoms with E-state index in [1.807, 2.05) is 6.07 Å². The van der Waals surface area contributed by atoms with Gasteiger partial charge in [0.05, 0.1) is 10.0 Å². The van der Waals surface area contributed by atoms with Crippen LogP contribution < -0.4 is 0 Å². The summed E-state index contributed by atoms with van der Waals surface area (Å²) in [7, 11) is 0. The highest BCUT2D eigenvalue weighted by molar-refractivity contribution is 14.1. The van der Waals surface area contributed by atoms with Crippen molar-refractivity contribution < 1.29 is 0 Å². The molecule has 0 nitrogen and oxygen atoms in total. The second-order valence-electron chi connectivity index (χ2n) is 1.72. The summed E-state index contributed by atoms with van der Waals surface area (Å²) >= 11 is 17.7. The highest BCUT2D eigenvalue weighted by Gasteiger charge is 2.00. The Bertz CT molecular complexity index is 212. The van der Waals surface area contributed by atoms with Gasteiger partial charge in [0.15, 0.2) is 0 Å². The largest absolute Gasteiger partial charge is 0.142 e. The summed E-state index contributed by atoms with van der Waals surface area (Å²) in [5.74, 6) is 0. The van der Waals surface area contributed by atoms with Crippen LogP contribution in [0.25, 0.3) is 0 Å². The SMILES string of the molecule is Sc1cc(I)c(Cl)cc1Cl. The summed E-state index contributed by atoms with van der Waals surface area (Å²) in [5.41, 5.74) is 0. The first kappa shape index (κ1) is 8.97. The lowest BCUT2D eigenvalue weighted by Gasteiger charge is -1.98. The quantitative estimate of drug-likeness (QED) is 0.420. The summed E-state index contributed by atoms with van der Waals surface area (Å²) in [6.45, 7) is 0. The molecule has 0 spiro atoms. The maximum atomic E-state index is 5.76. The highest BCUT2D eigenvalue weighted by Crippen LogP contribution is 2.28. The van der Waals surface area contributed by atoms with Gasteiger partial charge >= 0.3 is 0 Å². The lowest BCUT2D eigenvalue weighted by molar-refractivity contribution is 1.44. The molecule has 0 radical (unpaired) electrons. The number of hydrogen-bond donors (Lipinski definition) is 1. The van der Waals surface area contributed by atoms with E-state index in [4.69, 9.17) is 23.2 Å². The molecule has 0 aromatic heterocycles. The van der Waals surface area contributed by atoms with Gasteiger partial charge in [-0.2, -0.15) is 0 Å². The smallest absolute Gasteiger partial charge is 0.0555 e. The van der Waals surface area contributed by atoms with Crippen LogP contribution in [0.4, 0.5) is 0 Å². The number of halogens is 3. The van der Waals surface area contributed by atoms with Crippen LogP contribution in [0, 0.1) is 3.57 Å². The monoisotopic (exact) mass is 304 g/mol. The fraction of sp³-hybridized carbons (Fsp3) is 0. The molecule has 0 aliphatic rings. The van der Waals surface area contributed by atoms with Gasteiger partial charge in [0.1, 0.15) is 0 Å². The molecule has 0 unspecified atom stereocenters. The fourth-order valence-electron chi connectivity index (χ4n) is 0.512. The lowest BCUT2D eigenvalue weighted by Crippen LogP contribution is -1.75. The Morgan fingerprint density at radius 3 is 2.30 bits per heavy atom. The third-order valence-corrected chi connectivity index (χ3v) is 3.33. The van der Waals surface area contributed by atoms with Gasteiger partial charge in [0.2, 0.25) is 0 Å². The Morgan fingerprint density at radius 2 is 1.80 bits per heavy atom. The topological polar surface area (TPSA) is 0 Å². The zero-order valence-corrected chi connectivity index (χ0v) is 9.30. The molecule has 1 aromatic carbocycles. The zero-order valence-electron chi connectivity index (χ0n) is 4.74. The van der Waals surface area contributed by atoms with Gasteiger partial charge in [0.25, 0.3) is 0 Å². The Labute approximate surface area is 88.5 Å². The molecule has 0 aliphatic heterocycles. The van der Waals surface area contributed by atoms with Crippen molar-refractivity contribution >= 4 is 58.4 Å². The minimum atomic E-state index is 0.591. The van der Waals surface area contributed by atoms with Crippen LogP contribution in [0.5, 0.6) is 0 Å². The van der Waals surface area contributed by atoms with Crippen LogP contribution in [0.15, 0.2) is 17.0 Å². The van der Waals surface area contributed by atoms with E-state index in [0.717, 1.165) is 8.47 Å². The molecule has 0 N–H and O–H groups in total. The molecule has 0 bridgehead atoms. The molecule has 0 amide bonds. The van der Waals surface area contributed by atoms with Gasteiger partial charge in [-0.25, -0.2) is 0 Å². The van der Waals surface area contributed by atoms with Crippen molar-refractivity contribution in [1.82, 2.24) is 0 Å². The number of hydrogen-bond acceptors (Lipinski definition) is 1.